The number of hydrazine groups is 1. The van der Waals surface area contributed by atoms with Crippen LogP contribution in [0.4, 0.5) is 5.69 Å². The lowest BCUT2D eigenvalue weighted by atomic mass is 10.2. The lowest BCUT2D eigenvalue weighted by molar-refractivity contribution is -0.119. The van der Waals surface area contributed by atoms with Gasteiger partial charge in [-0.2, -0.15) is 0 Å². The van der Waals surface area contributed by atoms with Gasteiger partial charge < -0.3 is 5.32 Å². The predicted octanol–water partition coefficient (Wildman–Crippen LogP) is 3.50. The zero-order valence-corrected chi connectivity index (χ0v) is 18.5. The Morgan fingerprint density at radius 2 is 1.56 bits per heavy atom. The molecule has 3 N–H and O–H groups in total. The van der Waals surface area contributed by atoms with Gasteiger partial charge in [0.25, 0.3) is 5.56 Å². The summed E-state index contributed by atoms with van der Waals surface area (Å²) in [5.74, 6) is -0.271. The largest absolute Gasteiger partial charge is 0.331 e. The molecule has 0 unspecified atom stereocenters. The molecular formula is C23H19N5O2S2. The summed E-state index contributed by atoms with van der Waals surface area (Å²) in [6, 6.07) is 25.8. The Hall–Kier alpha value is -3.69. The maximum absolute atomic E-state index is 13.2. The number of rotatable bonds is 5. The van der Waals surface area contributed by atoms with Crippen molar-refractivity contribution in [2.75, 3.05) is 11.1 Å². The Labute approximate surface area is 193 Å². The van der Waals surface area contributed by atoms with Crippen molar-refractivity contribution in [2.45, 2.75) is 5.16 Å². The maximum atomic E-state index is 13.2. The Bertz CT molecular complexity index is 1310. The van der Waals surface area contributed by atoms with E-state index in [9.17, 15) is 9.59 Å². The van der Waals surface area contributed by atoms with Crippen molar-refractivity contribution in [3.05, 3.63) is 95.3 Å². The van der Waals surface area contributed by atoms with Crippen molar-refractivity contribution < 1.29 is 4.79 Å². The molecule has 1 aromatic heterocycles. The molecule has 4 rings (SSSR count). The van der Waals surface area contributed by atoms with E-state index >= 15 is 0 Å². The van der Waals surface area contributed by atoms with Crippen LogP contribution in [0.5, 0.6) is 0 Å². The van der Waals surface area contributed by atoms with Crippen molar-refractivity contribution in [3.8, 4) is 5.69 Å². The summed E-state index contributed by atoms with van der Waals surface area (Å²) in [7, 11) is 0. The van der Waals surface area contributed by atoms with E-state index in [0.717, 1.165) is 5.69 Å². The van der Waals surface area contributed by atoms with Gasteiger partial charge in [0.1, 0.15) is 0 Å². The minimum absolute atomic E-state index is 0.0402. The molecule has 3 aromatic carbocycles. The highest BCUT2D eigenvalue weighted by Gasteiger charge is 2.14. The Balaban J connectivity index is 1.47. The fourth-order valence-corrected chi connectivity index (χ4v) is 3.97. The van der Waals surface area contributed by atoms with Gasteiger partial charge in [0.05, 0.1) is 22.3 Å². The molecule has 0 fully saturated rings. The van der Waals surface area contributed by atoms with Crippen molar-refractivity contribution in [1.82, 2.24) is 20.4 Å². The molecule has 32 heavy (non-hydrogen) atoms. The second kappa shape index (κ2) is 10.1. The second-order valence-electron chi connectivity index (χ2n) is 6.67. The molecule has 160 valence electrons. The number of benzene rings is 3. The van der Waals surface area contributed by atoms with Gasteiger partial charge in [0.2, 0.25) is 5.91 Å². The zero-order chi connectivity index (χ0) is 22.3. The van der Waals surface area contributed by atoms with E-state index in [4.69, 9.17) is 12.2 Å². The van der Waals surface area contributed by atoms with Crippen LogP contribution >= 0.6 is 24.0 Å². The van der Waals surface area contributed by atoms with Crippen LogP contribution in [0.1, 0.15) is 0 Å². The van der Waals surface area contributed by atoms with Crippen LogP contribution in [0.2, 0.25) is 0 Å². The highest BCUT2D eigenvalue weighted by Crippen LogP contribution is 2.21. The minimum Gasteiger partial charge on any atom is -0.331 e. The molecule has 0 aliphatic heterocycles. The average molecular weight is 462 g/mol. The molecule has 0 aliphatic carbocycles. The number of thioether (sulfide) groups is 1. The van der Waals surface area contributed by atoms with Gasteiger partial charge in [0.15, 0.2) is 10.3 Å². The highest BCUT2D eigenvalue weighted by molar-refractivity contribution is 7.99. The van der Waals surface area contributed by atoms with Gasteiger partial charge >= 0.3 is 0 Å². The highest BCUT2D eigenvalue weighted by atomic mass is 32.2. The zero-order valence-electron chi connectivity index (χ0n) is 16.8. The van der Waals surface area contributed by atoms with E-state index in [1.807, 2.05) is 66.7 Å². The second-order valence-corrected chi connectivity index (χ2v) is 8.02. The third-order valence-corrected chi connectivity index (χ3v) is 5.58. The molecule has 4 aromatic rings. The summed E-state index contributed by atoms with van der Waals surface area (Å²) < 4.78 is 1.52. The fraction of sp³-hybridized carbons (Fsp3) is 0.0435. The lowest BCUT2D eigenvalue weighted by Gasteiger charge is -2.14. The summed E-state index contributed by atoms with van der Waals surface area (Å²) >= 11 is 6.36. The molecule has 7 nitrogen and oxygen atoms in total. The monoisotopic (exact) mass is 461 g/mol. The number of hydrogen-bond donors (Lipinski definition) is 3. The number of hydrogen-bond acceptors (Lipinski definition) is 5. The van der Waals surface area contributed by atoms with Crippen LogP contribution in [-0.4, -0.2) is 26.3 Å². The van der Waals surface area contributed by atoms with E-state index in [0.29, 0.717) is 21.7 Å². The van der Waals surface area contributed by atoms with E-state index in [1.54, 1.807) is 18.2 Å². The van der Waals surface area contributed by atoms with E-state index in [1.165, 1.54) is 16.3 Å². The van der Waals surface area contributed by atoms with Gasteiger partial charge in [-0.25, -0.2) is 4.98 Å². The molecule has 1 amide bonds. The number of nitrogens with zero attached hydrogens (tertiary/aromatic N) is 2. The van der Waals surface area contributed by atoms with Gasteiger partial charge in [-0.3, -0.25) is 25.0 Å². The molecule has 0 saturated heterocycles. The van der Waals surface area contributed by atoms with E-state index in [2.05, 4.69) is 21.2 Å². The number of carbonyl (C=O) groups is 1. The number of carbonyl (C=O) groups excluding carboxylic acids is 1. The molecule has 9 heteroatoms. The molecule has 0 aliphatic rings. The summed E-state index contributed by atoms with van der Waals surface area (Å²) in [4.78, 5) is 30.1. The third kappa shape index (κ3) is 5.13. The number of para-hydroxylation sites is 3. The maximum Gasteiger partial charge on any atom is 0.266 e. The summed E-state index contributed by atoms with van der Waals surface area (Å²) in [5.41, 5.74) is 7.12. The SMILES string of the molecule is O=C(CSc1nc2ccccc2c(=O)n1-c1ccccc1)NNC(=S)Nc1ccccc1. The first-order chi connectivity index (χ1) is 15.6. The molecule has 0 saturated carbocycles. The molecule has 0 bridgehead atoms. The van der Waals surface area contributed by atoms with E-state index < -0.39 is 0 Å². The van der Waals surface area contributed by atoms with E-state index in [-0.39, 0.29) is 22.3 Å². The molecule has 0 radical (unpaired) electrons. The Morgan fingerprint density at radius 3 is 2.31 bits per heavy atom. The molecule has 0 spiro atoms. The third-order valence-electron chi connectivity index (χ3n) is 4.44. The summed E-state index contributed by atoms with van der Waals surface area (Å²) in [6.07, 6.45) is 0. The van der Waals surface area contributed by atoms with Crippen LogP contribution < -0.4 is 21.7 Å². The number of aromatic nitrogens is 2. The number of fused-ring (bicyclic) bond motifs is 1. The first kappa shape index (κ1) is 21.5. The van der Waals surface area contributed by atoms with Crippen LogP contribution in [0.25, 0.3) is 16.6 Å². The number of thiocarbonyl (C=S) groups is 1. The van der Waals surface area contributed by atoms with Crippen LogP contribution in [0.15, 0.2) is 94.9 Å². The van der Waals surface area contributed by atoms with Crippen LogP contribution in [0.3, 0.4) is 0 Å². The number of nitrogens with one attached hydrogen (secondary N) is 3. The Kier molecular flexibility index (Phi) is 6.78. The Morgan fingerprint density at radius 1 is 0.906 bits per heavy atom. The molecule has 0 atom stereocenters. The minimum atomic E-state index is -0.311. The lowest BCUT2D eigenvalue weighted by Crippen LogP contribution is -2.44. The summed E-state index contributed by atoms with van der Waals surface area (Å²) in [6.45, 7) is 0. The number of anilines is 1. The van der Waals surface area contributed by atoms with Crippen molar-refractivity contribution in [3.63, 3.8) is 0 Å². The average Bonchev–Trinajstić information content (AvgIpc) is 2.83. The molecular weight excluding hydrogens is 442 g/mol. The van der Waals surface area contributed by atoms with Crippen LogP contribution in [0, 0.1) is 0 Å². The predicted molar refractivity (Wildman–Crippen MR) is 132 cm³/mol. The van der Waals surface area contributed by atoms with Gasteiger partial charge in [-0.15, -0.1) is 0 Å². The topological polar surface area (TPSA) is 88.0 Å². The van der Waals surface area contributed by atoms with Crippen molar-refractivity contribution >= 4 is 51.6 Å². The van der Waals surface area contributed by atoms with Crippen molar-refractivity contribution in [2.24, 2.45) is 0 Å². The van der Waals surface area contributed by atoms with Gasteiger partial charge in [-0.05, 0) is 48.6 Å². The first-order valence-electron chi connectivity index (χ1n) is 9.73. The fourth-order valence-electron chi connectivity index (χ4n) is 2.99. The molecule has 1 heterocycles. The van der Waals surface area contributed by atoms with Gasteiger partial charge in [-0.1, -0.05) is 60.3 Å². The van der Waals surface area contributed by atoms with Crippen LogP contribution in [-0.2, 0) is 4.79 Å². The van der Waals surface area contributed by atoms with Gasteiger partial charge in [0, 0.05) is 5.69 Å². The smallest absolute Gasteiger partial charge is 0.266 e. The number of amides is 1. The normalized spacial score (nSPS) is 10.5. The summed E-state index contributed by atoms with van der Waals surface area (Å²) in [5, 5.41) is 4.18. The van der Waals surface area contributed by atoms with Crippen molar-refractivity contribution in [1.29, 1.82) is 0 Å². The quantitative estimate of drug-likeness (QED) is 0.181. The standard InChI is InChI=1S/C23H19N5O2S2/c29-20(26-27-22(31)24-16-9-3-1-4-10-16)15-32-23-25-19-14-8-7-13-18(19)21(30)28(23)17-11-5-2-6-12-17/h1-14H,15H2,(H,26,29)(H2,24,27,31). The first-order valence-corrected chi connectivity index (χ1v) is 11.1.